The van der Waals surface area contributed by atoms with E-state index in [0.717, 1.165) is 19.3 Å². The Morgan fingerprint density at radius 3 is 2.54 bits per heavy atom. The van der Waals surface area contributed by atoms with Crippen molar-refractivity contribution in [2.45, 2.75) is 86.1 Å². The van der Waals surface area contributed by atoms with Crippen LogP contribution in [0, 0.1) is 0 Å². The van der Waals surface area contributed by atoms with Crippen LogP contribution >= 0.6 is 21.6 Å². The number of nitrogens with one attached hydrogen (secondary N) is 1. The summed E-state index contributed by atoms with van der Waals surface area (Å²) in [5.41, 5.74) is 1.09. The van der Waals surface area contributed by atoms with E-state index in [0.29, 0.717) is 23.2 Å². The van der Waals surface area contributed by atoms with Crippen LogP contribution in [0.25, 0.3) is 0 Å². The summed E-state index contributed by atoms with van der Waals surface area (Å²) in [6.45, 7) is -1.28. The van der Waals surface area contributed by atoms with Crippen LogP contribution in [-0.4, -0.2) is 144 Å². The maximum Gasteiger partial charge on any atom is 0.430 e. The Morgan fingerprint density at radius 2 is 1.88 bits per heavy atom. The molecule has 232 valence electrons. The van der Waals surface area contributed by atoms with Crippen molar-refractivity contribution in [3.05, 3.63) is 24.3 Å². The quantitative estimate of drug-likeness (QED) is 0.0344. The molecule has 9 N–H and O–H groups in total. The summed E-state index contributed by atoms with van der Waals surface area (Å²) in [5, 5.41) is 83.7. The summed E-state index contributed by atoms with van der Waals surface area (Å²) in [6, 6.07) is 6.84. The monoisotopic (exact) mass is 621 g/mol. The summed E-state index contributed by atoms with van der Waals surface area (Å²) in [5.74, 6) is 1.18. The largest absolute Gasteiger partial charge is 0.430 e. The third kappa shape index (κ3) is 9.60. The molecule has 1 aromatic carbocycles. The van der Waals surface area contributed by atoms with Crippen molar-refractivity contribution in [2.75, 3.05) is 37.4 Å². The zero-order valence-corrected chi connectivity index (χ0v) is 24.1. The molecule has 0 aromatic heterocycles. The highest BCUT2D eigenvalue weighted by molar-refractivity contribution is 8.77. The van der Waals surface area contributed by atoms with E-state index in [1.54, 1.807) is 24.3 Å². The molecule has 2 aliphatic heterocycles. The van der Waals surface area contributed by atoms with E-state index >= 15 is 0 Å². The van der Waals surface area contributed by atoms with Gasteiger partial charge >= 0.3 is 6.08 Å². The molecule has 13 nitrogen and oxygen atoms in total. The highest BCUT2D eigenvalue weighted by Gasteiger charge is 2.46. The van der Waals surface area contributed by atoms with Gasteiger partial charge in [0.2, 0.25) is 5.69 Å². The molecule has 0 radical (unpaired) electrons. The maximum absolute atomic E-state index is 11.7. The van der Waals surface area contributed by atoms with Crippen LogP contribution in [0.5, 0.6) is 0 Å². The molecule has 2 aliphatic rings. The summed E-state index contributed by atoms with van der Waals surface area (Å²) in [4.78, 5) is 11.7. The van der Waals surface area contributed by atoms with E-state index in [2.05, 4.69) is 5.32 Å². The Kier molecular flexibility index (Phi) is 14.3. The van der Waals surface area contributed by atoms with Gasteiger partial charge in [-0.3, -0.25) is 0 Å². The summed E-state index contributed by atoms with van der Waals surface area (Å²) in [6.07, 6.45) is -8.72. The molecule has 15 heteroatoms. The van der Waals surface area contributed by atoms with Gasteiger partial charge in [0.15, 0.2) is 12.8 Å². The molecular formula is C26H41N2O11S2+. The number of hydrogen-bond acceptors (Lipinski definition) is 14. The molecule has 0 bridgehead atoms. The van der Waals surface area contributed by atoms with Crippen molar-refractivity contribution < 1.29 is 59.7 Å². The van der Waals surface area contributed by atoms with Crippen LogP contribution in [-0.2, 0) is 14.3 Å². The van der Waals surface area contributed by atoms with E-state index in [1.807, 2.05) is 27.7 Å². The summed E-state index contributed by atoms with van der Waals surface area (Å²) in [7, 11) is 3.82. The fraction of sp³-hybridized carbons (Fsp3) is 0.731. The molecule has 41 heavy (non-hydrogen) atoms. The second-order valence-corrected chi connectivity index (χ2v) is 12.9. The SMILES string of the molecule is O=C=[N+](CCCCC1CCSS1)c1cccc(NCC(OC2OC(CO)C(O)C(O)C2O)C(O)C(O)C(O)CO)c1. The van der Waals surface area contributed by atoms with Gasteiger partial charge in [0.25, 0.3) is 0 Å². The number of hydrogen-bond donors (Lipinski definition) is 9. The average Bonchev–Trinajstić information content (AvgIpc) is 3.51. The van der Waals surface area contributed by atoms with Crippen molar-refractivity contribution in [3.8, 4) is 0 Å². The van der Waals surface area contributed by atoms with Crippen molar-refractivity contribution in [2.24, 2.45) is 0 Å². The lowest BCUT2D eigenvalue weighted by molar-refractivity contribution is -0.438. The van der Waals surface area contributed by atoms with E-state index in [-0.39, 0.29) is 6.54 Å². The fourth-order valence-corrected chi connectivity index (χ4v) is 7.62. The molecule has 1 aromatic rings. The number of aliphatic hydroxyl groups is 8. The van der Waals surface area contributed by atoms with Gasteiger partial charge in [0, 0.05) is 41.8 Å². The number of benzene rings is 1. The smallest absolute Gasteiger partial charge is 0.394 e. The fourth-order valence-electron chi connectivity index (χ4n) is 4.59. The lowest BCUT2D eigenvalue weighted by Gasteiger charge is -2.42. The molecule has 2 heterocycles. The number of carbonyl (C=O) groups excluding carboxylic acids is 1. The van der Waals surface area contributed by atoms with Gasteiger partial charge in [-0.2, -0.15) is 4.79 Å². The normalized spacial score (nSPS) is 29.4. The second kappa shape index (κ2) is 17.1. The van der Waals surface area contributed by atoms with E-state index in [4.69, 9.17) is 9.47 Å². The Morgan fingerprint density at radius 1 is 1.10 bits per heavy atom. The number of unbranched alkanes of at least 4 members (excludes halogenated alkanes) is 1. The van der Waals surface area contributed by atoms with Gasteiger partial charge in [-0.05, 0) is 25.3 Å². The molecule has 3 rings (SSSR count). The van der Waals surface area contributed by atoms with E-state index in [9.17, 15) is 45.6 Å². The number of rotatable bonds is 16. The van der Waals surface area contributed by atoms with Crippen molar-refractivity contribution in [3.63, 3.8) is 0 Å². The predicted octanol–water partition coefficient (Wildman–Crippen LogP) is -1.34. The first-order valence-corrected chi connectivity index (χ1v) is 16.0. The Balaban J connectivity index is 1.67. The van der Waals surface area contributed by atoms with Crippen LogP contribution in [0.1, 0.15) is 25.7 Å². The molecule has 10 atom stereocenters. The third-order valence-electron chi connectivity index (χ3n) is 7.13. The van der Waals surface area contributed by atoms with Crippen LogP contribution in [0.15, 0.2) is 24.3 Å². The Labute approximate surface area is 246 Å². The van der Waals surface area contributed by atoms with Gasteiger partial charge in [0.05, 0.1) is 13.2 Å². The molecular weight excluding hydrogens is 580 g/mol. The average molecular weight is 622 g/mol. The third-order valence-corrected chi connectivity index (χ3v) is 10.1. The first-order valence-electron chi connectivity index (χ1n) is 13.6. The molecule has 0 aliphatic carbocycles. The van der Waals surface area contributed by atoms with Gasteiger partial charge in [0.1, 0.15) is 48.8 Å². The summed E-state index contributed by atoms with van der Waals surface area (Å²) < 4.78 is 12.5. The number of nitrogens with zero attached hydrogens (tertiary/aromatic N) is 1. The lowest BCUT2D eigenvalue weighted by Crippen LogP contribution is -2.61. The minimum absolute atomic E-state index is 0.225. The number of ether oxygens (including phenoxy) is 2. The minimum atomic E-state index is -1.86. The zero-order chi connectivity index (χ0) is 29.9. The van der Waals surface area contributed by atoms with Crippen molar-refractivity contribution >= 4 is 39.0 Å². The Hall–Kier alpha value is -1.30. The lowest BCUT2D eigenvalue weighted by atomic mass is 9.98. The van der Waals surface area contributed by atoms with Gasteiger partial charge in [-0.1, -0.05) is 27.7 Å². The number of isocyanates is 1. The summed E-state index contributed by atoms with van der Waals surface area (Å²) >= 11 is 0. The number of anilines is 1. The van der Waals surface area contributed by atoms with Gasteiger partial charge < -0.3 is 55.6 Å². The van der Waals surface area contributed by atoms with E-state index in [1.165, 1.54) is 16.7 Å². The molecule has 2 saturated heterocycles. The Bertz CT molecular complexity index is 981. The standard InChI is InChI=1S/C26H41N2O11S2/c29-12-18(32)21(33)22(34)19(38-26-25(37)24(36)23(35)20(13-30)39-26)11-27-15-4-3-5-16(10-15)28(14-31)8-2-1-6-17-7-9-40-41-17/h3-5,10,17-27,29-30,32-37H,1-2,6-9,11-13H2/q+1. The topological polar surface area (TPSA) is 212 Å². The maximum atomic E-state index is 11.7. The van der Waals surface area contributed by atoms with E-state index < -0.39 is 68.3 Å². The molecule has 0 saturated carbocycles. The molecule has 0 amide bonds. The van der Waals surface area contributed by atoms with Crippen LogP contribution < -0.4 is 5.32 Å². The van der Waals surface area contributed by atoms with Gasteiger partial charge in [-0.15, -0.1) is 4.58 Å². The number of aliphatic hydroxyl groups excluding tert-OH is 8. The molecule has 10 unspecified atom stereocenters. The molecule has 2 fully saturated rings. The van der Waals surface area contributed by atoms with Crippen LogP contribution in [0.2, 0.25) is 0 Å². The predicted molar refractivity (Wildman–Crippen MR) is 151 cm³/mol. The zero-order valence-electron chi connectivity index (χ0n) is 22.5. The van der Waals surface area contributed by atoms with Crippen molar-refractivity contribution in [1.82, 2.24) is 0 Å². The van der Waals surface area contributed by atoms with Crippen molar-refractivity contribution in [1.29, 1.82) is 0 Å². The van der Waals surface area contributed by atoms with Gasteiger partial charge in [-0.25, -0.2) is 0 Å². The van der Waals surface area contributed by atoms with Crippen LogP contribution in [0.3, 0.4) is 0 Å². The minimum Gasteiger partial charge on any atom is -0.394 e. The first kappa shape index (κ1) is 34.2. The highest BCUT2D eigenvalue weighted by Crippen LogP contribution is 2.39. The second-order valence-electron chi connectivity index (χ2n) is 10.1. The van der Waals surface area contributed by atoms with Crippen LogP contribution in [0.4, 0.5) is 11.4 Å². The first-order chi connectivity index (χ1) is 19.7. The molecule has 0 spiro atoms. The highest BCUT2D eigenvalue weighted by atomic mass is 33.1.